The number of aromatic hydroxyl groups is 1. The average molecular weight is 230 g/mol. The number of hydrogen-bond donors (Lipinski definition) is 3. The molecule has 0 amide bonds. The summed E-state index contributed by atoms with van der Waals surface area (Å²) in [5.74, 6) is 0.00152. The van der Waals surface area contributed by atoms with E-state index in [1.165, 1.54) is 12.1 Å². The van der Waals surface area contributed by atoms with Crippen LogP contribution < -0.4 is 5.73 Å². The maximum absolute atomic E-state index is 10.5. The van der Waals surface area contributed by atoms with Crippen LogP contribution >= 0.6 is 0 Å². The van der Waals surface area contributed by atoms with E-state index in [9.17, 15) is 3.74 Å². The van der Waals surface area contributed by atoms with Crippen molar-refractivity contribution in [2.45, 2.75) is 5.21 Å². The second-order valence-electron chi connectivity index (χ2n) is 2.40. The molecule has 0 bridgehead atoms. The molecule has 0 fully saturated rings. The zero-order valence-corrected chi connectivity index (χ0v) is 8.14. The first-order valence-electron chi connectivity index (χ1n) is 3.30. The molecule has 65 valence electrons. The summed E-state index contributed by atoms with van der Waals surface area (Å²) in [5.41, 5.74) is 6.30. The number of phenolic OH excluding ortho intramolecular Hbond substituents is 1. The predicted molar refractivity (Wildman–Crippen MR) is 44.9 cm³/mol. The van der Waals surface area contributed by atoms with Crippen molar-refractivity contribution in [1.29, 1.82) is 0 Å². The molecule has 0 aliphatic heterocycles. The Morgan fingerprint density at radius 2 is 2.17 bits per heavy atom. The summed E-state index contributed by atoms with van der Waals surface area (Å²) >= 11 is -2.88. The third kappa shape index (κ3) is 2.32. The maximum atomic E-state index is 10.5. The van der Waals surface area contributed by atoms with Gasteiger partial charge in [0.1, 0.15) is 0 Å². The quantitative estimate of drug-likeness (QED) is 0.378. The molecule has 0 aromatic heterocycles. The summed E-state index contributed by atoms with van der Waals surface area (Å²) in [7, 11) is 0. The van der Waals surface area contributed by atoms with Crippen LogP contribution in [-0.4, -0.2) is 24.1 Å². The van der Waals surface area contributed by atoms with Gasteiger partial charge in [-0.25, -0.2) is 0 Å². The summed E-state index contributed by atoms with van der Waals surface area (Å²) in [6, 6.07) is 4.51. The van der Waals surface area contributed by atoms with Crippen LogP contribution in [0.15, 0.2) is 18.2 Å². The van der Waals surface area contributed by atoms with Crippen molar-refractivity contribution in [3.63, 3.8) is 0 Å². The van der Waals surface area contributed by atoms with Crippen LogP contribution in [0.1, 0.15) is 5.56 Å². The number of benzene rings is 1. The first-order valence-corrected chi connectivity index (χ1v) is 6.23. The van der Waals surface area contributed by atoms with Crippen LogP contribution in [-0.2, 0) is 8.95 Å². The summed E-state index contributed by atoms with van der Waals surface area (Å²) in [5, 5.41) is 9.17. The van der Waals surface area contributed by atoms with Crippen LogP contribution in [0.5, 0.6) is 5.75 Å². The van der Waals surface area contributed by atoms with Crippen LogP contribution in [0.3, 0.4) is 0 Å². The van der Waals surface area contributed by atoms with E-state index in [1.54, 1.807) is 6.07 Å². The molecule has 1 aromatic rings. The van der Waals surface area contributed by atoms with Crippen LogP contribution in [0, 0.1) is 0 Å². The normalized spacial score (nSPS) is 11.2. The van der Waals surface area contributed by atoms with Gasteiger partial charge in [-0.05, 0) is 0 Å². The van der Waals surface area contributed by atoms with Gasteiger partial charge in [0.15, 0.2) is 0 Å². The standard InChI is InChI=1S/C7H9AsNO3/c9-6-3-5(4-8(11)12)1-2-7(6)10/h1-3,10H,4,9H2,(H,11,12). The van der Waals surface area contributed by atoms with Gasteiger partial charge in [0.25, 0.3) is 0 Å². The van der Waals surface area contributed by atoms with Crippen molar-refractivity contribution in [1.82, 2.24) is 0 Å². The van der Waals surface area contributed by atoms with Crippen LogP contribution in [0.4, 0.5) is 5.69 Å². The van der Waals surface area contributed by atoms with Crippen LogP contribution in [0.25, 0.3) is 0 Å². The molecule has 0 heterocycles. The Kier molecular flexibility index (Phi) is 2.84. The van der Waals surface area contributed by atoms with Crippen molar-refractivity contribution in [2.75, 3.05) is 5.73 Å². The molecule has 0 aliphatic rings. The molecule has 5 heteroatoms. The van der Waals surface area contributed by atoms with Gasteiger partial charge < -0.3 is 0 Å². The number of rotatable bonds is 2. The van der Waals surface area contributed by atoms with Gasteiger partial charge in [0.05, 0.1) is 0 Å². The molecule has 4 N–H and O–H groups in total. The number of hydrogen-bond acceptors (Lipinski definition) is 3. The van der Waals surface area contributed by atoms with E-state index in [1.807, 2.05) is 0 Å². The topological polar surface area (TPSA) is 83.6 Å². The van der Waals surface area contributed by atoms with Gasteiger partial charge in [-0.1, -0.05) is 0 Å². The summed E-state index contributed by atoms with van der Waals surface area (Å²) in [6.07, 6.45) is 0. The van der Waals surface area contributed by atoms with Crippen molar-refractivity contribution >= 4 is 20.6 Å². The summed E-state index contributed by atoms with van der Waals surface area (Å²) in [4.78, 5) is 0. The Morgan fingerprint density at radius 1 is 1.50 bits per heavy atom. The molecular formula is C7H9AsNO3. The Bertz CT molecular complexity index is 314. The van der Waals surface area contributed by atoms with E-state index in [0.29, 0.717) is 5.56 Å². The molecule has 1 rings (SSSR count). The van der Waals surface area contributed by atoms with E-state index in [4.69, 9.17) is 14.9 Å². The fourth-order valence-electron chi connectivity index (χ4n) is 0.859. The second-order valence-corrected chi connectivity index (χ2v) is 4.54. The summed E-state index contributed by atoms with van der Waals surface area (Å²) in [6.45, 7) is 0. The molecule has 0 spiro atoms. The third-order valence-electron chi connectivity index (χ3n) is 1.41. The molecule has 0 aliphatic carbocycles. The number of phenols is 1. The fourth-order valence-corrected chi connectivity index (χ4v) is 1.93. The molecule has 1 unspecified atom stereocenters. The molecule has 0 saturated carbocycles. The van der Waals surface area contributed by atoms with Gasteiger partial charge in [0.2, 0.25) is 0 Å². The Balaban J connectivity index is 2.89. The SMILES string of the molecule is Nc1cc(C[As](=O)O)ccc1O. The molecule has 0 saturated heterocycles. The van der Waals surface area contributed by atoms with E-state index in [0.717, 1.165) is 0 Å². The van der Waals surface area contributed by atoms with E-state index in [-0.39, 0.29) is 16.6 Å². The minimum atomic E-state index is -2.88. The Morgan fingerprint density at radius 3 is 2.67 bits per heavy atom. The predicted octanol–water partition coefficient (Wildman–Crippen LogP) is -0.0329. The third-order valence-corrected chi connectivity index (χ3v) is 2.74. The van der Waals surface area contributed by atoms with Gasteiger partial charge in [-0.2, -0.15) is 0 Å². The molecule has 1 aromatic carbocycles. The molecule has 1 radical (unpaired) electrons. The monoisotopic (exact) mass is 230 g/mol. The van der Waals surface area contributed by atoms with Gasteiger partial charge in [0, 0.05) is 0 Å². The first kappa shape index (κ1) is 9.23. The summed E-state index contributed by atoms with van der Waals surface area (Å²) < 4.78 is 19.1. The zero-order chi connectivity index (χ0) is 9.14. The van der Waals surface area contributed by atoms with Crippen LogP contribution in [0.2, 0.25) is 0 Å². The second kappa shape index (κ2) is 3.69. The first-order chi connectivity index (χ1) is 5.59. The van der Waals surface area contributed by atoms with Crippen molar-refractivity contribution < 1.29 is 12.9 Å². The van der Waals surface area contributed by atoms with Gasteiger partial charge in [-0.15, -0.1) is 0 Å². The average Bonchev–Trinajstić information content (AvgIpc) is 1.96. The van der Waals surface area contributed by atoms with Crippen molar-refractivity contribution in [3.05, 3.63) is 23.8 Å². The van der Waals surface area contributed by atoms with Gasteiger partial charge in [-0.3, -0.25) is 0 Å². The van der Waals surface area contributed by atoms with Crippen molar-refractivity contribution in [3.8, 4) is 5.75 Å². The fraction of sp³-hybridized carbons (Fsp3) is 0.143. The van der Waals surface area contributed by atoms with E-state index >= 15 is 0 Å². The minimum absolute atomic E-state index is 0.00152. The molecule has 4 nitrogen and oxygen atoms in total. The van der Waals surface area contributed by atoms with E-state index < -0.39 is 14.9 Å². The Hall–Kier alpha value is -0.862. The number of anilines is 1. The van der Waals surface area contributed by atoms with Gasteiger partial charge >= 0.3 is 74.0 Å². The number of nitrogens with two attached hydrogens (primary N) is 1. The number of nitrogen functional groups attached to an aromatic ring is 1. The van der Waals surface area contributed by atoms with E-state index in [2.05, 4.69) is 0 Å². The van der Waals surface area contributed by atoms with Crippen molar-refractivity contribution in [2.24, 2.45) is 0 Å². The molecule has 12 heavy (non-hydrogen) atoms. The molecule has 1 atom stereocenters. The zero-order valence-electron chi connectivity index (χ0n) is 6.27. The molecular weight excluding hydrogens is 221 g/mol. The Labute approximate surface area is 74.5 Å².